The lowest BCUT2D eigenvalue weighted by atomic mass is 10.1. The summed E-state index contributed by atoms with van der Waals surface area (Å²) in [6, 6.07) is 10.3. The predicted octanol–water partition coefficient (Wildman–Crippen LogP) is 4.25. The van der Waals surface area contributed by atoms with Crippen LogP contribution in [0.1, 0.15) is 44.6 Å². The van der Waals surface area contributed by atoms with Gasteiger partial charge in [-0.2, -0.15) is 0 Å². The molecule has 2 rings (SSSR count). The van der Waals surface area contributed by atoms with Crippen LogP contribution in [-0.4, -0.2) is 5.91 Å². The van der Waals surface area contributed by atoms with Gasteiger partial charge in [-0.15, -0.1) is 11.3 Å². The van der Waals surface area contributed by atoms with Gasteiger partial charge < -0.3 is 5.32 Å². The highest BCUT2D eigenvalue weighted by molar-refractivity contribution is 7.14. The molecular formula is C17H21NOS. The Morgan fingerprint density at radius 3 is 2.55 bits per heavy atom. The van der Waals surface area contributed by atoms with E-state index in [0.29, 0.717) is 6.54 Å². The fourth-order valence-electron chi connectivity index (χ4n) is 2.12. The average molecular weight is 287 g/mol. The van der Waals surface area contributed by atoms with E-state index in [1.807, 2.05) is 6.07 Å². The third-order valence-corrected chi connectivity index (χ3v) is 4.43. The smallest absolute Gasteiger partial charge is 0.261 e. The molecule has 0 aliphatic heterocycles. The number of rotatable bonds is 5. The van der Waals surface area contributed by atoms with Crippen molar-refractivity contribution in [3.63, 3.8) is 0 Å². The lowest BCUT2D eigenvalue weighted by Crippen LogP contribution is -2.21. The van der Waals surface area contributed by atoms with Gasteiger partial charge in [0.15, 0.2) is 0 Å². The summed E-state index contributed by atoms with van der Waals surface area (Å²) in [5.41, 5.74) is 3.67. The molecule has 106 valence electrons. The van der Waals surface area contributed by atoms with Crippen LogP contribution in [0.4, 0.5) is 0 Å². The van der Waals surface area contributed by atoms with E-state index in [-0.39, 0.29) is 5.91 Å². The molecule has 0 aliphatic rings. The molecule has 2 nitrogen and oxygen atoms in total. The van der Waals surface area contributed by atoms with Gasteiger partial charge in [0.2, 0.25) is 0 Å². The van der Waals surface area contributed by atoms with E-state index in [1.165, 1.54) is 16.0 Å². The van der Waals surface area contributed by atoms with Crippen molar-refractivity contribution in [2.75, 3.05) is 0 Å². The van der Waals surface area contributed by atoms with Crippen LogP contribution < -0.4 is 5.32 Å². The number of hydrogen-bond acceptors (Lipinski definition) is 2. The van der Waals surface area contributed by atoms with Crippen molar-refractivity contribution < 1.29 is 4.79 Å². The highest BCUT2D eigenvalue weighted by Crippen LogP contribution is 2.22. The van der Waals surface area contributed by atoms with Gasteiger partial charge in [-0.25, -0.2) is 0 Å². The monoisotopic (exact) mass is 287 g/mol. The summed E-state index contributed by atoms with van der Waals surface area (Å²) >= 11 is 1.59. The van der Waals surface area contributed by atoms with Crippen molar-refractivity contribution in [3.8, 4) is 0 Å². The molecule has 0 radical (unpaired) electrons. The van der Waals surface area contributed by atoms with Crippen LogP contribution in [0.2, 0.25) is 0 Å². The molecule has 2 aromatic rings. The fourth-order valence-corrected chi connectivity index (χ4v) is 3.11. The quantitative estimate of drug-likeness (QED) is 0.875. The maximum Gasteiger partial charge on any atom is 0.261 e. The van der Waals surface area contributed by atoms with Gasteiger partial charge in [-0.1, -0.05) is 43.2 Å². The zero-order chi connectivity index (χ0) is 14.5. The molecule has 0 fully saturated rings. The van der Waals surface area contributed by atoms with Crippen LogP contribution in [0.25, 0.3) is 0 Å². The summed E-state index contributed by atoms with van der Waals surface area (Å²) < 4.78 is 0. The molecule has 0 saturated heterocycles. The van der Waals surface area contributed by atoms with Gasteiger partial charge in [0.05, 0.1) is 4.88 Å². The molecule has 0 unspecified atom stereocenters. The van der Waals surface area contributed by atoms with Gasteiger partial charge in [0, 0.05) is 11.4 Å². The Hall–Kier alpha value is -1.61. The number of aryl methyl sites for hydroxylation is 3. The normalized spacial score (nSPS) is 10.6. The van der Waals surface area contributed by atoms with Crippen LogP contribution in [0.5, 0.6) is 0 Å². The van der Waals surface area contributed by atoms with Crippen LogP contribution in [-0.2, 0) is 13.0 Å². The third-order valence-electron chi connectivity index (χ3n) is 3.34. The van der Waals surface area contributed by atoms with Crippen LogP contribution in [0.3, 0.4) is 0 Å². The minimum Gasteiger partial charge on any atom is -0.347 e. The number of carbonyl (C=O) groups is 1. The molecule has 1 aromatic carbocycles. The van der Waals surface area contributed by atoms with Crippen molar-refractivity contribution in [1.82, 2.24) is 5.32 Å². The first kappa shape index (κ1) is 14.8. The molecule has 0 atom stereocenters. The second-order valence-electron chi connectivity index (χ2n) is 5.11. The Labute approximate surface area is 124 Å². The Morgan fingerprint density at radius 1 is 1.20 bits per heavy atom. The number of nitrogens with one attached hydrogen (secondary N) is 1. The standard InChI is InChI=1S/C17H21NOS/c1-4-5-15-10-16(20-13(15)3)17(19)18-11-14-8-6-12(2)7-9-14/h6-10H,4-5,11H2,1-3H3,(H,18,19). The van der Waals surface area contributed by atoms with Gasteiger partial charge in [-0.05, 0) is 37.5 Å². The van der Waals surface area contributed by atoms with E-state index < -0.39 is 0 Å². The molecule has 3 heteroatoms. The number of hydrogen-bond donors (Lipinski definition) is 1. The topological polar surface area (TPSA) is 29.1 Å². The third kappa shape index (κ3) is 3.70. The minimum absolute atomic E-state index is 0.0287. The first-order chi connectivity index (χ1) is 9.60. The molecule has 0 spiro atoms. The lowest BCUT2D eigenvalue weighted by molar-refractivity contribution is 0.0955. The second-order valence-corrected chi connectivity index (χ2v) is 6.37. The molecule has 1 N–H and O–H groups in total. The molecule has 1 heterocycles. The molecule has 20 heavy (non-hydrogen) atoms. The summed E-state index contributed by atoms with van der Waals surface area (Å²) in [5, 5.41) is 2.99. The summed E-state index contributed by atoms with van der Waals surface area (Å²) in [6.45, 7) is 6.89. The largest absolute Gasteiger partial charge is 0.347 e. The summed E-state index contributed by atoms with van der Waals surface area (Å²) in [5.74, 6) is 0.0287. The first-order valence-electron chi connectivity index (χ1n) is 7.03. The Kier molecular flexibility index (Phi) is 4.96. The summed E-state index contributed by atoms with van der Waals surface area (Å²) in [4.78, 5) is 14.2. The first-order valence-corrected chi connectivity index (χ1v) is 7.85. The molecule has 0 bridgehead atoms. The Bertz CT molecular complexity index is 584. The van der Waals surface area contributed by atoms with Gasteiger partial charge in [0.1, 0.15) is 0 Å². The van der Waals surface area contributed by atoms with E-state index >= 15 is 0 Å². The highest BCUT2D eigenvalue weighted by Gasteiger charge is 2.11. The van der Waals surface area contributed by atoms with Gasteiger partial charge in [-0.3, -0.25) is 4.79 Å². The molecule has 1 aromatic heterocycles. The highest BCUT2D eigenvalue weighted by atomic mass is 32.1. The van der Waals surface area contributed by atoms with E-state index in [4.69, 9.17) is 0 Å². The van der Waals surface area contributed by atoms with Gasteiger partial charge in [0.25, 0.3) is 5.91 Å². The van der Waals surface area contributed by atoms with Crippen molar-refractivity contribution in [2.24, 2.45) is 0 Å². The van der Waals surface area contributed by atoms with Crippen LogP contribution in [0, 0.1) is 13.8 Å². The van der Waals surface area contributed by atoms with E-state index in [1.54, 1.807) is 11.3 Å². The Balaban J connectivity index is 1.97. The predicted molar refractivity (Wildman–Crippen MR) is 85.4 cm³/mol. The number of carbonyl (C=O) groups excluding carboxylic acids is 1. The summed E-state index contributed by atoms with van der Waals surface area (Å²) in [6.07, 6.45) is 2.16. The van der Waals surface area contributed by atoms with Crippen molar-refractivity contribution >= 4 is 17.2 Å². The number of amides is 1. The lowest BCUT2D eigenvalue weighted by Gasteiger charge is -2.04. The maximum atomic E-state index is 12.2. The maximum absolute atomic E-state index is 12.2. The fraction of sp³-hybridized carbons (Fsp3) is 0.353. The second kappa shape index (κ2) is 6.71. The van der Waals surface area contributed by atoms with Crippen molar-refractivity contribution in [2.45, 2.75) is 40.2 Å². The van der Waals surface area contributed by atoms with Crippen molar-refractivity contribution in [1.29, 1.82) is 0 Å². The zero-order valence-corrected chi connectivity index (χ0v) is 13.1. The molecule has 1 amide bonds. The van der Waals surface area contributed by atoms with Crippen LogP contribution >= 0.6 is 11.3 Å². The molecule has 0 aliphatic carbocycles. The average Bonchev–Trinajstić information content (AvgIpc) is 2.80. The SMILES string of the molecule is CCCc1cc(C(=O)NCc2ccc(C)cc2)sc1C. The summed E-state index contributed by atoms with van der Waals surface area (Å²) in [7, 11) is 0. The molecule has 0 saturated carbocycles. The van der Waals surface area contributed by atoms with E-state index in [0.717, 1.165) is 23.3 Å². The number of thiophene rings is 1. The number of benzene rings is 1. The van der Waals surface area contributed by atoms with Crippen molar-refractivity contribution in [3.05, 3.63) is 56.8 Å². The van der Waals surface area contributed by atoms with E-state index in [9.17, 15) is 4.79 Å². The van der Waals surface area contributed by atoms with E-state index in [2.05, 4.69) is 50.4 Å². The Morgan fingerprint density at radius 2 is 1.90 bits per heavy atom. The van der Waals surface area contributed by atoms with Gasteiger partial charge >= 0.3 is 0 Å². The molecular weight excluding hydrogens is 266 g/mol. The zero-order valence-electron chi connectivity index (χ0n) is 12.3. The van der Waals surface area contributed by atoms with Crippen LogP contribution in [0.15, 0.2) is 30.3 Å². The minimum atomic E-state index is 0.0287.